The molecule has 2 fully saturated rings. The van der Waals surface area contributed by atoms with Crippen LogP contribution in [0, 0.1) is 0 Å². The Hall–Kier alpha value is -1.89. The smallest absolute Gasteiger partial charge is 0.151 e. The number of benzene rings is 1. The van der Waals surface area contributed by atoms with Crippen LogP contribution >= 0.6 is 11.6 Å². The Bertz CT molecular complexity index is 712. The number of rotatable bonds is 4. The van der Waals surface area contributed by atoms with E-state index in [-0.39, 0.29) is 0 Å². The second-order valence-electron chi connectivity index (χ2n) is 6.74. The maximum atomic E-state index is 6.08. The summed E-state index contributed by atoms with van der Waals surface area (Å²) in [5.74, 6) is 1.90. The molecular formula is C19H24ClN5O. The summed E-state index contributed by atoms with van der Waals surface area (Å²) in [6, 6.07) is 12.3. The number of ether oxygens (including phenoxy) is 1. The molecule has 2 aliphatic heterocycles. The predicted molar refractivity (Wildman–Crippen MR) is 104 cm³/mol. The van der Waals surface area contributed by atoms with Gasteiger partial charge in [-0.1, -0.05) is 23.7 Å². The first kappa shape index (κ1) is 17.5. The van der Waals surface area contributed by atoms with Gasteiger partial charge in [-0.15, -0.1) is 10.2 Å². The van der Waals surface area contributed by atoms with E-state index in [1.165, 1.54) is 5.56 Å². The molecule has 26 heavy (non-hydrogen) atoms. The molecule has 0 bridgehead atoms. The fourth-order valence-corrected chi connectivity index (χ4v) is 3.69. The van der Waals surface area contributed by atoms with Crippen molar-refractivity contribution < 1.29 is 4.74 Å². The van der Waals surface area contributed by atoms with Crippen LogP contribution in [0.15, 0.2) is 36.4 Å². The molecule has 0 amide bonds. The third kappa shape index (κ3) is 4.26. The number of hydrogen-bond donors (Lipinski definition) is 0. The van der Waals surface area contributed by atoms with Gasteiger partial charge in [-0.05, 0) is 29.8 Å². The minimum atomic E-state index is 0.762. The molecule has 0 N–H and O–H groups in total. The fraction of sp³-hybridized carbons (Fsp3) is 0.474. The molecule has 4 rings (SSSR count). The average molecular weight is 374 g/mol. The second-order valence-corrected chi connectivity index (χ2v) is 7.18. The summed E-state index contributed by atoms with van der Waals surface area (Å²) in [7, 11) is 0. The minimum Gasteiger partial charge on any atom is -0.378 e. The van der Waals surface area contributed by atoms with E-state index in [1.54, 1.807) is 0 Å². The van der Waals surface area contributed by atoms with Gasteiger partial charge in [0.1, 0.15) is 0 Å². The summed E-state index contributed by atoms with van der Waals surface area (Å²) in [4.78, 5) is 6.99. The van der Waals surface area contributed by atoms with Crippen molar-refractivity contribution in [1.29, 1.82) is 0 Å². The highest BCUT2D eigenvalue weighted by Crippen LogP contribution is 2.19. The lowest BCUT2D eigenvalue weighted by Gasteiger charge is -2.35. The molecule has 2 aliphatic rings. The Morgan fingerprint density at radius 3 is 2.12 bits per heavy atom. The molecule has 1 aromatic carbocycles. The normalized spacial score (nSPS) is 19.0. The number of morpholine rings is 1. The van der Waals surface area contributed by atoms with Crippen molar-refractivity contribution in [2.75, 3.05) is 62.3 Å². The van der Waals surface area contributed by atoms with E-state index in [0.29, 0.717) is 0 Å². The minimum absolute atomic E-state index is 0.762. The van der Waals surface area contributed by atoms with E-state index in [9.17, 15) is 0 Å². The van der Waals surface area contributed by atoms with Crippen molar-refractivity contribution in [1.82, 2.24) is 15.1 Å². The van der Waals surface area contributed by atoms with Crippen molar-refractivity contribution in [3.63, 3.8) is 0 Å². The highest BCUT2D eigenvalue weighted by atomic mass is 35.5. The van der Waals surface area contributed by atoms with Crippen LogP contribution in [-0.2, 0) is 11.3 Å². The van der Waals surface area contributed by atoms with Crippen LogP contribution in [-0.4, -0.2) is 67.6 Å². The first-order valence-electron chi connectivity index (χ1n) is 9.16. The zero-order chi connectivity index (χ0) is 17.8. The van der Waals surface area contributed by atoms with Crippen LogP contribution in [0.1, 0.15) is 5.56 Å². The van der Waals surface area contributed by atoms with E-state index in [0.717, 1.165) is 75.7 Å². The van der Waals surface area contributed by atoms with Crippen LogP contribution in [0.4, 0.5) is 11.6 Å². The van der Waals surface area contributed by atoms with Crippen LogP contribution in [0.2, 0.25) is 5.02 Å². The molecule has 0 unspecified atom stereocenters. The SMILES string of the molecule is Clc1cccc(CN2CCN(c3ccc(N4CCOCC4)nn3)CC2)c1. The topological polar surface area (TPSA) is 44.7 Å². The van der Waals surface area contributed by atoms with Gasteiger partial charge in [0.2, 0.25) is 0 Å². The van der Waals surface area contributed by atoms with Gasteiger partial charge < -0.3 is 14.5 Å². The van der Waals surface area contributed by atoms with Crippen molar-refractivity contribution >= 4 is 23.2 Å². The molecule has 0 saturated carbocycles. The zero-order valence-electron chi connectivity index (χ0n) is 14.9. The van der Waals surface area contributed by atoms with E-state index < -0.39 is 0 Å². The summed E-state index contributed by atoms with van der Waals surface area (Å²) >= 11 is 6.08. The van der Waals surface area contributed by atoms with Crippen molar-refractivity contribution in [3.05, 3.63) is 47.0 Å². The Labute approximate surface area is 159 Å². The molecule has 0 atom stereocenters. The lowest BCUT2D eigenvalue weighted by molar-refractivity contribution is 0.122. The molecule has 2 aromatic rings. The Balaban J connectivity index is 1.31. The Morgan fingerprint density at radius 1 is 0.846 bits per heavy atom. The zero-order valence-corrected chi connectivity index (χ0v) is 15.6. The van der Waals surface area contributed by atoms with E-state index in [2.05, 4.69) is 43.1 Å². The van der Waals surface area contributed by atoms with Crippen molar-refractivity contribution in [2.24, 2.45) is 0 Å². The first-order chi connectivity index (χ1) is 12.8. The maximum absolute atomic E-state index is 6.08. The summed E-state index contributed by atoms with van der Waals surface area (Å²) in [6.45, 7) is 8.19. The molecule has 3 heterocycles. The third-order valence-electron chi connectivity index (χ3n) is 4.96. The van der Waals surface area contributed by atoms with Gasteiger partial charge >= 0.3 is 0 Å². The molecular weight excluding hydrogens is 350 g/mol. The lowest BCUT2D eigenvalue weighted by atomic mass is 10.2. The summed E-state index contributed by atoms with van der Waals surface area (Å²) in [5.41, 5.74) is 1.26. The van der Waals surface area contributed by atoms with E-state index >= 15 is 0 Å². The van der Waals surface area contributed by atoms with Gasteiger partial charge in [0.15, 0.2) is 11.6 Å². The maximum Gasteiger partial charge on any atom is 0.151 e. The number of anilines is 2. The highest BCUT2D eigenvalue weighted by molar-refractivity contribution is 6.30. The lowest BCUT2D eigenvalue weighted by Crippen LogP contribution is -2.46. The van der Waals surface area contributed by atoms with E-state index in [1.807, 2.05) is 18.2 Å². The van der Waals surface area contributed by atoms with Crippen LogP contribution in [0.25, 0.3) is 0 Å². The van der Waals surface area contributed by atoms with Crippen molar-refractivity contribution in [3.8, 4) is 0 Å². The second kappa shape index (κ2) is 8.20. The van der Waals surface area contributed by atoms with E-state index in [4.69, 9.17) is 16.3 Å². The predicted octanol–water partition coefficient (Wildman–Crippen LogP) is 2.29. The average Bonchev–Trinajstić information content (AvgIpc) is 2.70. The molecule has 0 spiro atoms. The number of piperazine rings is 1. The monoisotopic (exact) mass is 373 g/mol. The Morgan fingerprint density at radius 2 is 1.50 bits per heavy atom. The van der Waals surface area contributed by atoms with Gasteiger partial charge in [-0.25, -0.2) is 0 Å². The molecule has 7 heteroatoms. The van der Waals surface area contributed by atoms with Crippen molar-refractivity contribution in [2.45, 2.75) is 6.54 Å². The first-order valence-corrected chi connectivity index (χ1v) is 9.54. The van der Waals surface area contributed by atoms with Gasteiger partial charge in [0, 0.05) is 50.8 Å². The van der Waals surface area contributed by atoms with Gasteiger partial charge in [-0.3, -0.25) is 4.90 Å². The highest BCUT2D eigenvalue weighted by Gasteiger charge is 2.19. The third-order valence-corrected chi connectivity index (χ3v) is 5.20. The summed E-state index contributed by atoms with van der Waals surface area (Å²) < 4.78 is 5.39. The largest absolute Gasteiger partial charge is 0.378 e. The van der Waals surface area contributed by atoms with Gasteiger partial charge in [0.25, 0.3) is 0 Å². The van der Waals surface area contributed by atoms with Gasteiger partial charge in [0.05, 0.1) is 13.2 Å². The molecule has 2 saturated heterocycles. The molecule has 0 radical (unpaired) electrons. The van der Waals surface area contributed by atoms with Crippen LogP contribution in [0.5, 0.6) is 0 Å². The fourth-order valence-electron chi connectivity index (χ4n) is 3.48. The molecule has 1 aromatic heterocycles. The molecule has 6 nitrogen and oxygen atoms in total. The number of aromatic nitrogens is 2. The van der Waals surface area contributed by atoms with Gasteiger partial charge in [-0.2, -0.15) is 0 Å². The summed E-state index contributed by atoms with van der Waals surface area (Å²) in [5, 5.41) is 9.68. The van der Waals surface area contributed by atoms with Crippen LogP contribution < -0.4 is 9.80 Å². The standard InChI is InChI=1S/C19H24ClN5O/c20-17-3-1-2-16(14-17)15-23-6-8-24(9-7-23)18-4-5-19(22-21-18)25-10-12-26-13-11-25/h1-5,14H,6-13,15H2. The number of halogens is 1. The quantitative estimate of drug-likeness (QED) is 0.819. The number of hydrogen-bond acceptors (Lipinski definition) is 6. The number of nitrogens with zero attached hydrogens (tertiary/aromatic N) is 5. The van der Waals surface area contributed by atoms with Crippen LogP contribution in [0.3, 0.4) is 0 Å². The molecule has 0 aliphatic carbocycles. The molecule has 138 valence electrons. The summed E-state index contributed by atoms with van der Waals surface area (Å²) in [6.07, 6.45) is 0. The Kier molecular flexibility index (Phi) is 5.53.